The van der Waals surface area contributed by atoms with E-state index in [1.165, 1.54) is 37.2 Å². The Morgan fingerprint density at radius 2 is 1.97 bits per heavy atom. The summed E-state index contributed by atoms with van der Waals surface area (Å²) in [4.78, 5) is 21.4. The van der Waals surface area contributed by atoms with Crippen LogP contribution in [0.15, 0.2) is 46.7 Å². The summed E-state index contributed by atoms with van der Waals surface area (Å²) in [5.41, 5.74) is 5.77. The van der Waals surface area contributed by atoms with Gasteiger partial charge >= 0.3 is 0 Å². The number of aliphatic imine (C=N–C) groups is 1. The SMILES string of the molecule is CN1CCC(CNCc2ccc(C3=C4CCC5NC(=O)CC=C(C=N3)N45)cc2)CC1. The summed E-state index contributed by atoms with van der Waals surface area (Å²) in [6.45, 7) is 4.45. The number of carbonyl (C=O) groups is 1. The number of nitrogens with one attached hydrogen (secondary N) is 2. The van der Waals surface area contributed by atoms with Gasteiger partial charge in [0, 0.05) is 24.2 Å². The number of amides is 1. The maximum atomic E-state index is 12.0. The lowest BCUT2D eigenvalue weighted by atomic mass is 9.97. The highest BCUT2D eigenvalue weighted by molar-refractivity contribution is 5.91. The summed E-state index contributed by atoms with van der Waals surface area (Å²) in [6, 6.07) is 8.79. The summed E-state index contributed by atoms with van der Waals surface area (Å²) in [6.07, 6.45) is 8.85. The van der Waals surface area contributed by atoms with Crippen LogP contribution < -0.4 is 10.6 Å². The third-order valence-corrected chi connectivity index (χ3v) is 6.79. The summed E-state index contributed by atoms with van der Waals surface area (Å²) in [5, 5.41) is 6.78. The van der Waals surface area contributed by atoms with E-state index in [-0.39, 0.29) is 12.1 Å². The monoisotopic (exact) mass is 405 g/mol. The predicted octanol–water partition coefficient (Wildman–Crippen LogP) is 2.70. The quantitative estimate of drug-likeness (QED) is 0.791. The third-order valence-electron chi connectivity index (χ3n) is 6.79. The third kappa shape index (κ3) is 3.94. The zero-order valence-electron chi connectivity index (χ0n) is 17.7. The van der Waals surface area contributed by atoms with Crippen molar-refractivity contribution >= 4 is 17.8 Å². The number of hydrogen-bond acceptors (Lipinski definition) is 5. The number of rotatable bonds is 5. The molecular weight excluding hydrogens is 374 g/mol. The van der Waals surface area contributed by atoms with Gasteiger partial charge in [-0.05, 0) is 69.9 Å². The van der Waals surface area contributed by atoms with E-state index in [9.17, 15) is 4.79 Å². The van der Waals surface area contributed by atoms with Gasteiger partial charge in [0.15, 0.2) is 0 Å². The highest BCUT2D eigenvalue weighted by Gasteiger charge is 2.36. The molecule has 2 fully saturated rings. The van der Waals surface area contributed by atoms with E-state index in [2.05, 4.69) is 51.7 Å². The van der Waals surface area contributed by atoms with Crippen LogP contribution in [0.3, 0.4) is 0 Å². The van der Waals surface area contributed by atoms with E-state index in [0.717, 1.165) is 48.8 Å². The molecule has 1 aromatic carbocycles. The van der Waals surface area contributed by atoms with Crippen LogP contribution in [-0.2, 0) is 11.3 Å². The van der Waals surface area contributed by atoms with Crippen LogP contribution in [0.4, 0.5) is 0 Å². The average molecular weight is 406 g/mol. The first-order valence-corrected chi connectivity index (χ1v) is 11.2. The Balaban J connectivity index is 1.24. The van der Waals surface area contributed by atoms with Gasteiger partial charge in [0.05, 0.1) is 17.6 Å². The van der Waals surface area contributed by atoms with Gasteiger partial charge in [-0.2, -0.15) is 0 Å². The molecule has 0 bridgehead atoms. The molecule has 6 heteroatoms. The van der Waals surface area contributed by atoms with Crippen LogP contribution >= 0.6 is 0 Å². The van der Waals surface area contributed by atoms with Crippen molar-refractivity contribution in [1.29, 1.82) is 0 Å². The summed E-state index contributed by atoms with van der Waals surface area (Å²) < 4.78 is 0. The van der Waals surface area contributed by atoms with Crippen molar-refractivity contribution in [3.05, 3.63) is 52.9 Å². The molecule has 1 amide bonds. The van der Waals surface area contributed by atoms with E-state index >= 15 is 0 Å². The molecule has 1 unspecified atom stereocenters. The molecule has 4 heterocycles. The molecule has 1 aromatic rings. The lowest BCUT2D eigenvalue weighted by Crippen LogP contribution is -2.42. The Morgan fingerprint density at radius 1 is 1.17 bits per heavy atom. The number of likely N-dealkylation sites (tertiary alicyclic amines) is 1. The lowest BCUT2D eigenvalue weighted by molar-refractivity contribution is -0.121. The first kappa shape index (κ1) is 19.5. The average Bonchev–Trinajstić information content (AvgIpc) is 3.10. The lowest BCUT2D eigenvalue weighted by Gasteiger charge is -2.30. The number of allylic oxidation sites excluding steroid dienone is 2. The summed E-state index contributed by atoms with van der Waals surface area (Å²) in [5.74, 6) is 0.894. The number of nitrogens with zero attached hydrogens (tertiary/aromatic N) is 3. The molecule has 0 aromatic heterocycles. The molecule has 1 atom stereocenters. The fourth-order valence-corrected chi connectivity index (χ4v) is 4.98. The van der Waals surface area contributed by atoms with Crippen LogP contribution in [0.2, 0.25) is 0 Å². The van der Waals surface area contributed by atoms with Gasteiger partial charge in [-0.3, -0.25) is 9.79 Å². The van der Waals surface area contributed by atoms with Gasteiger partial charge in [0.2, 0.25) is 5.91 Å². The van der Waals surface area contributed by atoms with Crippen molar-refractivity contribution in [2.24, 2.45) is 10.9 Å². The van der Waals surface area contributed by atoms with Gasteiger partial charge in [0.1, 0.15) is 6.17 Å². The molecule has 158 valence electrons. The van der Waals surface area contributed by atoms with E-state index in [4.69, 9.17) is 4.99 Å². The van der Waals surface area contributed by atoms with Crippen LogP contribution in [-0.4, -0.2) is 54.8 Å². The number of benzene rings is 1. The highest BCUT2D eigenvalue weighted by Crippen LogP contribution is 2.39. The molecule has 2 N–H and O–H groups in total. The van der Waals surface area contributed by atoms with Crippen LogP contribution in [0.1, 0.15) is 43.2 Å². The molecule has 0 spiro atoms. The molecule has 0 aliphatic carbocycles. The van der Waals surface area contributed by atoms with Crippen molar-refractivity contribution in [3.8, 4) is 0 Å². The second kappa shape index (κ2) is 8.36. The zero-order chi connectivity index (χ0) is 20.5. The molecule has 30 heavy (non-hydrogen) atoms. The fourth-order valence-electron chi connectivity index (χ4n) is 4.98. The zero-order valence-corrected chi connectivity index (χ0v) is 17.7. The van der Waals surface area contributed by atoms with Crippen molar-refractivity contribution in [1.82, 2.24) is 20.4 Å². The first-order valence-electron chi connectivity index (χ1n) is 11.2. The molecule has 6 nitrogen and oxygen atoms in total. The Bertz CT molecular complexity index is 893. The van der Waals surface area contributed by atoms with Crippen molar-refractivity contribution in [3.63, 3.8) is 0 Å². The van der Waals surface area contributed by atoms with Crippen molar-refractivity contribution < 1.29 is 4.79 Å². The Kier molecular flexibility index (Phi) is 5.44. The predicted molar refractivity (Wildman–Crippen MR) is 119 cm³/mol. The van der Waals surface area contributed by atoms with E-state index in [0.29, 0.717) is 6.42 Å². The van der Waals surface area contributed by atoms with E-state index in [1.54, 1.807) is 0 Å². The van der Waals surface area contributed by atoms with Crippen LogP contribution in [0.5, 0.6) is 0 Å². The Labute approximate surface area is 178 Å². The number of hydrogen-bond donors (Lipinski definition) is 2. The van der Waals surface area contributed by atoms with Crippen molar-refractivity contribution in [2.75, 3.05) is 26.7 Å². The summed E-state index contributed by atoms with van der Waals surface area (Å²) in [7, 11) is 2.21. The number of carbonyl (C=O) groups excluding carboxylic acids is 1. The minimum Gasteiger partial charge on any atom is -0.335 e. The molecule has 5 rings (SSSR count). The van der Waals surface area contributed by atoms with Gasteiger partial charge in [-0.15, -0.1) is 0 Å². The Hall–Kier alpha value is -2.44. The maximum Gasteiger partial charge on any atom is 0.225 e. The largest absolute Gasteiger partial charge is 0.335 e. The fraction of sp³-hybridized carbons (Fsp3) is 0.500. The molecule has 4 aliphatic rings. The minimum absolute atomic E-state index is 0.0612. The van der Waals surface area contributed by atoms with E-state index in [1.807, 2.05) is 12.3 Å². The molecule has 0 saturated carbocycles. The van der Waals surface area contributed by atoms with Crippen molar-refractivity contribution in [2.45, 2.75) is 44.8 Å². The molecular formula is C24H31N5O. The second-order valence-corrected chi connectivity index (χ2v) is 8.95. The molecule has 0 radical (unpaired) electrons. The van der Waals surface area contributed by atoms with E-state index < -0.39 is 0 Å². The topological polar surface area (TPSA) is 60.0 Å². The van der Waals surface area contributed by atoms with Gasteiger partial charge in [-0.1, -0.05) is 24.3 Å². The molecule has 2 saturated heterocycles. The first-order chi connectivity index (χ1) is 14.7. The van der Waals surface area contributed by atoms with Gasteiger partial charge in [-0.25, -0.2) is 0 Å². The second-order valence-electron chi connectivity index (χ2n) is 8.95. The smallest absolute Gasteiger partial charge is 0.225 e. The van der Waals surface area contributed by atoms with Crippen LogP contribution in [0.25, 0.3) is 5.70 Å². The summed E-state index contributed by atoms with van der Waals surface area (Å²) >= 11 is 0. The normalized spacial score (nSPS) is 24.6. The number of piperidine rings is 1. The molecule has 4 aliphatic heterocycles. The minimum atomic E-state index is 0.0612. The van der Waals surface area contributed by atoms with Gasteiger partial charge in [0.25, 0.3) is 0 Å². The highest BCUT2D eigenvalue weighted by atomic mass is 16.1. The Morgan fingerprint density at radius 3 is 2.77 bits per heavy atom. The standard InChI is InChI=1S/C24H31N5O/c1-28-12-10-18(11-13-28)15-25-14-17-2-4-19(5-3-17)24-21-7-8-22-27-23(30)9-6-20(16-26-24)29(21)22/h2-6,16,18,22,25H,7-15H2,1H3,(H,27,30). The van der Waals surface area contributed by atoms with Gasteiger partial charge < -0.3 is 20.4 Å². The maximum absolute atomic E-state index is 12.0. The van der Waals surface area contributed by atoms with Crippen LogP contribution in [0, 0.1) is 5.92 Å².